The van der Waals surface area contributed by atoms with Gasteiger partial charge in [0.15, 0.2) is 0 Å². The second kappa shape index (κ2) is 7.68. The lowest BCUT2D eigenvalue weighted by Crippen LogP contribution is -2.65. The molecule has 1 heterocycles. The van der Waals surface area contributed by atoms with Crippen LogP contribution >= 0.6 is 0 Å². The van der Waals surface area contributed by atoms with E-state index in [0.717, 1.165) is 0 Å². The summed E-state index contributed by atoms with van der Waals surface area (Å²) in [6, 6.07) is 14.3. The Morgan fingerprint density at radius 1 is 0.750 bits per heavy atom. The topological polar surface area (TPSA) is 29.5 Å². The van der Waals surface area contributed by atoms with Crippen LogP contribution in [0.15, 0.2) is 60.7 Å². The van der Waals surface area contributed by atoms with E-state index < -0.39 is 48.7 Å². The number of amides is 1. The predicted octanol–water partition coefficient (Wildman–Crippen LogP) is 5.41. The highest BCUT2D eigenvalue weighted by Crippen LogP contribution is 2.64. The van der Waals surface area contributed by atoms with Gasteiger partial charge in [0.1, 0.15) is 0 Å². The number of halogens is 9. The van der Waals surface area contributed by atoms with Crippen molar-refractivity contribution >= 4 is 5.91 Å². The molecule has 174 valence electrons. The van der Waals surface area contributed by atoms with Crippen LogP contribution in [0, 0.1) is 0 Å². The van der Waals surface area contributed by atoms with E-state index in [1.165, 1.54) is 60.7 Å². The number of nitrogens with zero attached hydrogens (tertiary/aromatic N) is 1. The van der Waals surface area contributed by atoms with Crippen molar-refractivity contribution in [2.75, 3.05) is 0 Å². The van der Waals surface area contributed by atoms with Gasteiger partial charge in [0.05, 0.1) is 0 Å². The van der Waals surface area contributed by atoms with Crippen LogP contribution in [0.25, 0.3) is 0 Å². The molecule has 3 nitrogen and oxygen atoms in total. The standard InChI is InChI=1S/C20H14F9NO2/c21-16(22,19(27)17(23,24)18(25,26)20(28,29)32-19)15(31)30(11-13-7-3-1-4-8-13)12-14-9-5-2-6-10-14/h1-10H,11-12H2. The third-order valence-electron chi connectivity index (χ3n) is 4.82. The summed E-state index contributed by atoms with van der Waals surface area (Å²) in [4.78, 5) is 12.7. The van der Waals surface area contributed by atoms with Crippen LogP contribution in [0.2, 0.25) is 0 Å². The Morgan fingerprint density at radius 3 is 1.50 bits per heavy atom. The first-order valence-corrected chi connectivity index (χ1v) is 8.95. The summed E-state index contributed by atoms with van der Waals surface area (Å²) in [5, 5.41) is 0. The van der Waals surface area contributed by atoms with Crippen molar-refractivity contribution in [3.63, 3.8) is 0 Å². The van der Waals surface area contributed by atoms with E-state index in [2.05, 4.69) is 4.74 Å². The number of carbonyl (C=O) groups excluding carboxylic acids is 1. The van der Waals surface area contributed by atoms with Crippen molar-refractivity contribution in [3.05, 3.63) is 71.8 Å². The van der Waals surface area contributed by atoms with Crippen LogP contribution in [0.4, 0.5) is 39.5 Å². The second-order valence-corrected chi connectivity index (χ2v) is 7.07. The second-order valence-electron chi connectivity index (χ2n) is 7.07. The Kier molecular flexibility index (Phi) is 5.73. The lowest BCUT2D eigenvalue weighted by atomic mass is 9.98. The molecule has 1 aliphatic heterocycles. The smallest absolute Gasteiger partial charge is 0.329 e. The first kappa shape index (κ1) is 23.9. The van der Waals surface area contributed by atoms with E-state index in [1.807, 2.05) is 0 Å². The number of ether oxygens (including phenoxy) is 1. The zero-order valence-corrected chi connectivity index (χ0v) is 15.9. The Morgan fingerprint density at radius 2 is 1.16 bits per heavy atom. The first-order valence-electron chi connectivity index (χ1n) is 8.95. The van der Waals surface area contributed by atoms with Gasteiger partial charge in [0.2, 0.25) is 0 Å². The SMILES string of the molecule is O=C(N(Cc1ccccc1)Cc1ccccc1)C(F)(F)C1(F)OC(F)(F)C(F)(F)C1(F)F. The van der Waals surface area contributed by atoms with E-state index in [1.54, 1.807) is 0 Å². The summed E-state index contributed by atoms with van der Waals surface area (Å²) >= 11 is 0. The largest absolute Gasteiger partial charge is 0.428 e. The van der Waals surface area contributed by atoms with Crippen molar-refractivity contribution in [3.8, 4) is 0 Å². The molecule has 1 fully saturated rings. The summed E-state index contributed by atoms with van der Waals surface area (Å²) < 4.78 is 128. The van der Waals surface area contributed by atoms with Crippen LogP contribution in [-0.4, -0.2) is 40.5 Å². The summed E-state index contributed by atoms with van der Waals surface area (Å²) in [5.41, 5.74) is 0.380. The predicted molar refractivity (Wildman–Crippen MR) is 91.9 cm³/mol. The zero-order valence-electron chi connectivity index (χ0n) is 15.9. The van der Waals surface area contributed by atoms with Crippen LogP contribution < -0.4 is 0 Å². The molecule has 0 aromatic heterocycles. The molecule has 2 aromatic carbocycles. The average molecular weight is 471 g/mol. The lowest BCUT2D eigenvalue weighted by Gasteiger charge is -2.35. The van der Waals surface area contributed by atoms with E-state index in [0.29, 0.717) is 0 Å². The molecule has 0 aliphatic carbocycles. The third-order valence-corrected chi connectivity index (χ3v) is 4.82. The summed E-state index contributed by atoms with van der Waals surface area (Å²) in [6.45, 7) is -1.39. The number of hydrogen-bond donors (Lipinski definition) is 0. The molecule has 0 spiro atoms. The van der Waals surface area contributed by atoms with Gasteiger partial charge in [-0.2, -0.15) is 39.5 Å². The Hall–Kier alpha value is -2.76. The Labute approximate surface area is 175 Å². The van der Waals surface area contributed by atoms with E-state index in [-0.39, 0.29) is 16.0 Å². The molecule has 1 saturated heterocycles. The molecular weight excluding hydrogens is 457 g/mol. The summed E-state index contributed by atoms with van der Waals surface area (Å²) in [6.07, 6.45) is -6.29. The number of carbonyl (C=O) groups is 1. The molecule has 0 N–H and O–H groups in total. The van der Waals surface area contributed by atoms with Crippen molar-refractivity contribution in [1.29, 1.82) is 0 Å². The van der Waals surface area contributed by atoms with Gasteiger partial charge in [0, 0.05) is 13.1 Å². The number of benzene rings is 2. The number of hydrogen-bond acceptors (Lipinski definition) is 2. The monoisotopic (exact) mass is 471 g/mol. The van der Waals surface area contributed by atoms with Crippen LogP contribution in [-0.2, 0) is 22.6 Å². The van der Waals surface area contributed by atoms with Gasteiger partial charge in [-0.05, 0) is 11.1 Å². The van der Waals surface area contributed by atoms with Crippen molar-refractivity contribution in [1.82, 2.24) is 4.90 Å². The minimum absolute atomic E-state index is 0.181. The molecule has 12 heteroatoms. The van der Waals surface area contributed by atoms with Crippen molar-refractivity contribution < 1.29 is 49.0 Å². The van der Waals surface area contributed by atoms with E-state index in [9.17, 15) is 44.3 Å². The van der Waals surface area contributed by atoms with Crippen LogP contribution in [0.1, 0.15) is 11.1 Å². The summed E-state index contributed by atoms with van der Waals surface area (Å²) in [7, 11) is 0. The fraction of sp³-hybridized carbons (Fsp3) is 0.350. The number of rotatable bonds is 6. The van der Waals surface area contributed by atoms with Gasteiger partial charge < -0.3 is 4.90 Å². The molecule has 1 atom stereocenters. The van der Waals surface area contributed by atoms with Gasteiger partial charge in [-0.25, -0.2) is 0 Å². The molecule has 3 rings (SSSR count). The van der Waals surface area contributed by atoms with Gasteiger partial charge in [-0.3, -0.25) is 9.53 Å². The number of alkyl halides is 9. The highest BCUT2D eigenvalue weighted by molar-refractivity contribution is 5.85. The minimum Gasteiger partial charge on any atom is -0.329 e. The fourth-order valence-electron chi connectivity index (χ4n) is 3.09. The van der Waals surface area contributed by atoms with Crippen LogP contribution in [0.3, 0.4) is 0 Å². The summed E-state index contributed by atoms with van der Waals surface area (Å²) in [5.74, 6) is -28.5. The highest BCUT2D eigenvalue weighted by Gasteiger charge is 2.96. The first-order chi connectivity index (χ1) is 14.7. The Bertz CT molecular complexity index is 928. The molecule has 32 heavy (non-hydrogen) atoms. The molecule has 0 bridgehead atoms. The molecule has 2 aromatic rings. The quantitative estimate of drug-likeness (QED) is 0.528. The maximum atomic E-state index is 14.7. The Balaban J connectivity index is 2.02. The average Bonchev–Trinajstić information content (AvgIpc) is 2.82. The van der Waals surface area contributed by atoms with Gasteiger partial charge in [0.25, 0.3) is 5.91 Å². The highest BCUT2D eigenvalue weighted by atomic mass is 19.4. The van der Waals surface area contributed by atoms with Crippen molar-refractivity contribution in [2.45, 2.75) is 42.8 Å². The molecule has 0 saturated carbocycles. The zero-order chi connectivity index (χ0) is 24.0. The van der Waals surface area contributed by atoms with Crippen molar-refractivity contribution in [2.24, 2.45) is 0 Å². The maximum Gasteiger partial charge on any atom is 0.428 e. The molecular formula is C20H14F9NO2. The van der Waals surface area contributed by atoms with E-state index >= 15 is 0 Å². The van der Waals surface area contributed by atoms with Gasteiger partial charge in [-0.15, -0.1) is 0 Å². The van der Waals surface area contributed by atoms with Crippen LogP contribution in [0.5, 0.6) is 0 Å². The molecule has 1 amide bonds. The fourth-order valence-corrected chi connectivity index (χ4v) is 3.09. The molecule has 1 aliphatic rings. The van der Waals surface area contributed by atoms with Gasteiger partial charge in [-0.1, -0.05) is 60.7 Å². The normalized spacial score (nSPS) is 23.7. The maximum absolute atomic E-state index is 14.7. The van der Waals surface area contributed by atoms with Gasteiger partial charge >= 0.3 is 29.7 Å². The minimum atomic E-state index is -6.73. The third kappa shape index (κ3) is 3.50. The van der Waals surface area contributed by atoms with E-state index in [4.69, 9.17) is 0 Å². The molecule has 0 radical (unpaired) electrons. The molecule has 1 unspecified atom stereocenters. The lowest BCUT2D eigenvalue weighted by molar-refractivity contribution is -0.368.